The largest absolute Gasteiger partial charge is 0.311 e. The molecule has 1 unspecified atom stereocenters. The van der Waals surface area contributed by atoms with E-state index in [1.165, 1.54) is 14.6 Å². The maximum absolute atomic E-state index is 6.43. The summed E-state index contributed by atoms with van der Waals surface area (Å²) in [5.74, 6) is 0.433. The van der Waals surface area contributed by atoms with Crippen LogP contribution in [-0.2, 0) is 6.54 Å². The summed E-state index contributed by atoms with van der Waals surface area (Å²) in [5.41, 5.74) is 0. The zero-order chi connectivity index (χ0) is 13.9. The summed E-state index contributed by atoms with van der Waals surface area (Å²) in [4.78, 5) is 5.56. The van der Waals surface area contributed by atoms with Gasteiger partial charge < -0.3 is 5.32 Å². The van der Waals surface area contributed by atoms with Crippen molar-refractivity contribution >= 4 is 44.4 Å². The van der Waals surface area contributed by atoms with Crippen LogP contribution in [0.15, 0.2) is 35.8 Å². The number of aromatic nitrogens is 1. The third-order valence-electron chi connectivity index (χ3n) is 3.21. The Morgan fingerprint density at radius 3 is 2.95 bits per heavy atom. The first-order valence-corrected chi connectivity index (χ1v) is 8.59. The fraction of sp³-hybridized carbons (Fsp3) is 0.267. The van der Waals surface area contributed by atoms with E-state index in [4.69, 9.17) is 11.6 Å². The second kappa shape index (κ2) is 6.22. The number of nitrogens with one attached hydrogen (secondary N) is 1. The third-order valence-corrected chi connectivity index (χ3v) is 5.93. The van der Waals surface area contributed by atoms with Crippen LogP contribution in [0.2, 0.25) is 5.02 Å². The molecule has 0 fully saturated rings. The summed E-state index contributed by atoms with van der Waals surface area (Å²) in [5, 5.41) is 8.73. The van der Waals surface area contributed by atoms with Crippen LogP contribution in [0.5, 0.6) is 0 Å². The highest BCUT2D eigenvalue weighted by Gasteiger charge is 2.11. The van der Waals surface area contributed by atoms with Crippen LogP contribution in [0.1, 0.15) is 22.7 Å². The first-order valence-electron chi connectivity index (χ1n) is 6.51. The maximum Gasteiger partial charge on any atom is 0.0965 e. The number of rotatable bonds is 5. The molecule has 0 aliphatic heterocycles. The van der Waals surface area contributed by atoms with E-state index < -0.39 is 0 Å². The van der Waals surface area contributed by atoms with Gasteiger partial charge in [0.15, 0.2) is 0 Å². The van der Waals surface area contributed by atoms with E-state index in [0.717, 1.165) is 23.5 Å². The van der Waals surface area contributed by atoms with Crippen LogP contribution in [0, 0.1) is 0 Å². The molecule has 2 nitrogen and oxygen atoms in total. The number of hydrogen-bond acceptors (Lipinski definition) is 4. The van der Waals surface area contributed by atoms with Gasteiger partial charge in [0, 0.05) is 45.5 Å². The lowest BCUT2D eigenvalue weighted by molar-refractivity contribution is 0.617. The SMILES string of the molecule is CC(CNCc1sc2ccccc2c1Cl)c1nccs1. The lowest BCUT2D eigenvalue weighted by Gasteiger charge is -2.09. The molecule has 5 heteroatoms. The second-order valence-electron chi connectivity index (χ2n) is 4.74. The molecule has 0 saturated heterocycles. The molecule has 0 amide bonds. The zero-order valence-electron chi connectivity index (χ0n) is 11.1. The van der Waals surface area contributed by atoms with Gasteiger partial charge in [-0.1, -0.05) is 36.7 Å². The van der Waals surface area contributed by atoms with E-state index in [2.05, 4.69) is 35.4 Å². The topological polar surface area (TPSA) is 24.9 Å². The van der Waals surface area contributed by atoms with Crippen molar-refractivity contribution in [2.45, 2.75) is 19.4 Å². The lowest BCUT2D eigenvalue weighted by atomic mass is 10.2. The molecule has 3 rings (SSSR count). The number of halogens is 1. The van der Waals surface area contributed by atoms with Gasteiger partial charge in [-0.05, 0) is 6.07 Å². The van der Waals surface area contributed by atoms with Gasteiger partial charge in [-0.25, -0.2) is 4.98 Å². The number of thiophene rings is 1. The fourth-order valence-corrected chi connectivity index (χ4v) is 4.31. The van der Waals surface area contributed by atoms with Gasteiger partial charge in [-0.2, -0.15) is 0 Å². The molecule has 1 N–H and O–H groups in total. The molecule has 1 aromatic carbocycles. The summed E-state index contributed by atoms with van der Waals surface area (Å²) in [6.45, 7) is 3.92. The number of hydrogen-bond donors (Lipinski definition) is 1. The van der Waals surface area contributed by atoms with Crippen molar-refractivity contribution in [2.24, 2.45) is 0 Å². The van der Waals surface area contributed by atoms with Crippen molar-refractivity contribution in [3.05, 3.63) is 50.7 Å². The predicted molar refractivity (Wildman–Crippen MR) is 89.1 cm³/mol. The van der Waals surface area contributed by atoms with Crippen molar-refractivity contribution in [2.75, 3.05) is 6.54 Å². The van der Waals surface area contributed by atoms with Crippen molar-refractivity contribution in [1.82, 2.24) is 10.3 Å². The summed E-state index contributed by atoms with van der Waals surface area (Å²) in [6, 6.07) is 8.28. The Hall–Kier alpha value is -0.940. The zero-order valence-corrected chi connectivity index (χ0v) is 13.5. The van der Waals surface area contributed by atoms with Gasteiger partial charge in [0.25, 0.3) is 0 Å². The Kier molecular flexibility index (Phi) is 4.36. The molecule has 0 radical (unpaired) electrons. The molecule has 2 aromatic heterocycles. The molecule has 1 atom stereocenters. The number of nitrogens with zero attached hydrogens (tertiary/aromatic N) is 1. The fourth-order valence-electron chi connectivity index (χ4n) is 2.15. The average molecular weight is 323 g/mol. The molecule has 0 spiro atoms. The van der Waals surface area contributed by atoms with Crippen LogP contribution in [-0.4, -0.2) is 11.5 Å². The quantitative estimate of drug-likeness (QED) is 0.722. The minimum atomic E-state index is 0.433. The Morgan fingerprint density at radius 2 is 2.20 bits per heavy atom. The van der Waals surface area contributed by atoms with Crippen LogP contribution in [0.3, 0.4) is 0 Å². The number of fused-ring (bicyclic) bond motifs is 1. The Labute approximate surface area is 131 Å². The van der Waals surface area contributed by atoms with E-state index in [0.29, 0.717) is 5.92 Å². The molecule has 0 aliphatic carbocycles. The van der Waals surface area contributed by atoms with Gasteiger partial charge in [0.1, 0.15) is 0 Å². The van der Waals surface area contributed by atoms with Gasteiger partial charge in [-0.3, -0.25) is 0 Å². The molecule has 104 valence electrons. The van der Waals surface area contributed by atoms with Crippen LogP contribution in [0.25, 0.3) is 10.1 Å². The highest BCUT2D eigenvalue weighted by Crippen LogP contribution is 2.35. The molecule has 0 saturated carbocycles. The third kappa shape index (κ3) is 2.88. The average Bonchev–Trinajstić information content (AvgIpc) is 3.09. The molecule has 0 aliphatic rings. The van der Waals surface area contributed by atoms with E-state index in [1.54, 1.807) is 22.7 Å². The predicted octanol–water partition coefficient (Wildman–Crippen LogP) is 4.90. The minimum Gasteiger partial charge on any atom is -0.311 e. The summed E-state index contributed by atoms with van der Waals surface area (Å²) >= 11 is 9.91. The van der Waals surface area contributed by atoms with E-state index in [9.17, 15) is 0 Å². The monoisotopic (exact) mass is 322 g/mol. The molecular formula is C15H15ClN2S2. The smallest absolute Gasteiger partial charge is 0.0965 e. The van der Waals surface area contributed by atoms with Crippen molar-refractivity contribution in [3.63, 3.8) is 0 Å². The molecule has 2 heterocycles. The molecule has 20 heavy (non-hydrogen) atoms. The standard InChI is InChI=1S/C15H15ClN2S2/c1-10(15-18-6-7-19-15)8-17-9-13-14(16)11-4-2-3-5-12(11)20-13/h2-7,10,17H,8-9H2,1H3. The molecule has 3 aromatic rings. The summed E-state index contributed by atoms with van der Waals surface area (Å²) in [6.07, 6.45) is 1.86. The maximum atomic E-state index is 6.43. The van der Waals surface area contributed by atoms with Crippen molar-refractivity contribution in [3.8, 4) is 0 Å². The number of thiazole rings is 1. The molecular weight excluding hydrogens is 308 g/mol. The Bertz CT molecular complexity index is 691. The van der Waals surface area contributed by atoms with Crippen LogP contribution in [0.4, 0.5) is 0 Å². The van der Waals surface area contributed by atoms with Crippen molar-refractivity contribution in [1.29, 1.82) is 0 Å². The van der Waals surface area contributed by atoms with E-state index in [-0.39, 0.29) is 0 Å². The molecule has 0 bridgehead atoms. The van der Waals surface area contributed by atoms with Gasteiger partial charge in [0.05, 0.1) is 10.0 Å². The van der Waals surface area contributed by atoms with E-state index >= 15 is 0 Å². The Balaban J connectivity index is 1.64. The van der Waals surface area contributed by atoms with Crippen LogP contribution < -0.4 is 5.32 Å². The highest BCUT2D eigenvalue weighted by atomic mass is 35.5. The summed E-state index contributed by atoms with van der Waals surface area (Å²) < 4.78 is 1.25. The Morgan fingerprint density at radius 1 is 1.35 bits per heavy atom. The van der Waals surface area contributed by atoms with Crippen molar-refractivity contribution < 1.29 is 0 Å². The summed E-state index contributed by atoms with van der Waals surface area (Å²) in [7, 11) is 0. The van der Waals surface area contributed by atoms with Gasteiger partial charge in [0.2, 0.25) is 0 Å². The highest BCUT2D eigenvalue weighted by molar-refractivity contribution is 7.19. The van der Waals surface area contributed by atoms with E-state index in [1.807, 2.05) is 17.6 Å². The minimum absolute atomic E-state index is 0.433. The first kappa shape index (κ1) is 14.0. The first-order chi connectivity index (χ1) is 9.75. The van der Waals surface area contributed by atoms with Crippen LogP contribution >= 0.6 is 34.3 Å². The number of benzene rings is 1. The lowest BCUT2D eigenvalue weighted by Crippen LogP contribution is -2.19. The second-order valence-corrected chi connectivity index (χ2v) is 7.18. The normalized spacial score (nSPS) is 12.9. The van der Waals surface area contributed by atoms with Gasteiger partial charge >= 0.3 is 0 Å². The van der Waals surface area contributed by atoms with Gasteiger partial charge in [-0.15, -0.1) is 22.7 Å².